The number of rotatable bonds is 4. The maximum absolute atomic E-state index is 5.46. The second-order valence-corrected chi connectivity index (χ2v) is 4.63. The Morgan fingerprint density at radius 3 is 2.47 bits per heavy atom. The van der Waals surface area contributed by atoms with Gasteiger partial charge in [-0.05, 0) is 17.9 Å². The molecule has 3 heteroatoms. The van der Waals surface area contributed by atoms with Crippen molar-refractivity contribution in [3.05, 3.63) is 42.0 Å². The van der Waals surface area contributed by atoms with Crippen LogP contribution in [0, 0.1) is 5.92 Å². The van der Waals surface area contributed by atoms with Crippen molar-refractivity contribution in [1.82, 2.24) is 4.98 Å². The van der Waals surface area contributed by atoms with Crippen molar-refractivity contribution in [3.8, 4) is 11.3 Å². The van der Waals surface area contributed by atoms with E-state index in [1.54, 1.807) is 6.26 Å². The minimum atomic E-state index is 0.339. The fourth-order valence-corrected chi connectivity index (χ4v) is 1.82. The van der Waals surface area contributed by atoms with Gasteiger partial charge in [0, 0.05) is 5.56 Å². The first-order chi connectivity index (χ1) is 8.19. The van der Waals surface area contributed by atoms with Gasteiger partial charge in [-0.15, -0.1) is 0 Å². The van der Waals surface area contributed by atoms with E-state index < -0.39 is 0 Å². The minimum Gasteiger partial charge on any atom is -0.447 e. The molecule has 0 fully saturated rings. The van der Waals surface area contributed by atoms with Gasteiger partial charge in [0.05, 0.1) is 6.54 Å². The largest absolute Gasteiger partial charge is 0.447 e. The Morgan fingerprint density at radius 2 is 1.94 bits per heavy atom. The Bertz CT molecular complexity index is 471. The number of oxazole rings is 1. The van der Waals surface area contributed by atoms with Crippen LogP contribution in [0.2, 0.25) is 0 Å². The highest BCUT2D eigenvalue weighted by atomic mass is 16.3. The zero-order chi connectivity index (χ0) is 12.3. The van der Waals surface area contributed by atoms with E-state index in [1.165, 1.54) is 5.56 Å². The molecule has 2 rings (SSSR count). The first-order valence-electron chi connectivity index (χ1n) is 5.93. The van der Waals surface area contributed by atoms with E-state index in [0.717, 1.165) is 17.7 Å². The van der Waals surface area contributed by atoms with Crippen molar-refractivity contribution in [1.29, 1.82) is 0 Å². The summed E-state index contributed by atoms with van der Waals surface area (Å²) in [6, 6.07) is 8.45. The number of benzene rings is 1. The Balaban J connectivity index is 2.17. The molecule has 0 radical (unpaired) electrons. The maximum Gasteiger partial charge on any atom is 0.208 e. The Labute approximate surface area is 102 Å². The normalized spacial score (nSPS) is 11.1. The molecule has 0 saturated carbocycles. The van der Waals surface area contributed by atoms with Crippen molar-refractivity contribution in [2.45, 2.75) is 26.8 Å². The van der Waals surface area contributed by atoms with Crippen molar-refractivity contribution in [2.75, 3.05) is 0 Å². The minimum absolute atomic E-state index is 0.339. The fraction of sp³-hybridized carbons (Fsp3) is 0.357. The van der Waals surface area contributed by atoms with Crippen molar-refractivity contribution in [2.24, 2.45) is 11.7 Å². The molecule has 0 amide bonds. The number of nitrogens with zero attached hydrogens (tertiary/aromatic N) is 1. The molecular weight excluding hydrogens is 212 g/mol. The highest BCUT2D eigenvalue weighted by Crippen LogP contribution is 2.20. The molecule has 0 aliphatic carbocycles. The molecule has 2 aromatic rings. The highest BCUT2D eigenvalue weighted by molar-refractivity contribution is 5.58. The number of hydrogen-bond acceptors (Lipinski definition) is 3. The molecular formula is C14H18N2O. The molecule has 1 aromatic carbocycles. The predicted octanol–water partition coefficient (Wildman–Crippen LogP) is 3.00. The lowest BCUT2D eigenvalue weighted by atomic mass is 10.0. The van der Waals surface area contributed by atoms with Gasteiger partial charge in [-0.3, -0.25) is 0 Å². The Hall–Kier alpha value is -1.61. The lowest BCUT2D eigenvalue weighted by Gasteiger charge is -2.05. The van der Waals surface area contributed by atoms with E-state index in [4.69, 9.17) is 10.2 Å². The van der Waals surface area contributed by atoms with Gasteiger partial charge < -0.3 is 10.2 Å². The van der Waals surface area contributed by atoms with Crippen molar-refractivity contribution >= 4 is 0 Å². The van der Waals surface area contributed by atoms with Crippen LogP contribution >= 0.6 is 0 Å². The Morgan fingerprint density at radius 1 is 1.24 bits per heavy atom. The molecule has 0 unspecified atom stereocenters. The van der Waals surface area contributed by atoms with Gasteiger partial charge in [0.15, 0.2) is 0 Å². The third-order valence-electron chi connectivity index (χ3n) is 2.62. The molecule has 1 heterocycles. The van der Waals surface area contributed by atoms with Crippen LogP contribution in [-0.2, 0) is 13.0 Å². The smallest absolute Gasteiger partial charge is 0.208 e. The summed E-state index contributed by atoms with van der Waals surface area (Å²) in [5.74, 6) is 1.25. The second kappa shape index (κ2) is 5.15. The van der Waals surface area contributed by atoms with Crippen molar-refractivity contribution in [3.63, 3.8) is 0 Å². The summed E-state index contributed by atoms with van der Waals surface area (Å²) in [5.41, 5.74) is 8.74. The van der Waals surface area contributed by atoms with Gasteiger partial charge in [-0.2, -0.15) is 0 Å². The van der Waals surface area contributed by atoms with E-state index in [9.17, 15) is 0 Å². The van der Waals surface area contributed by atoms with Crippen LogP contribution in [0.4, 0.5) is 0 Å². The molecule has 0 atom stereocenters. The monoisotopic (exact) mass is 230 g/mol. The molecule has 0 aliphatic rings. The quantitative estimate of drug-likeness (QED) is 0.878. The van der Waals surface area contributed by atoms with Crippen LogP contribution < -0.4 is 5.73 Å². The van der Waals surface area contributed by atoms with E-state index in [0.29, 0.717) is 18.4 Å². The summed E-state index contributed by atoms with van der Waals surface area (Å²) >= 11 is 0. The van der Waals surface area contributed by atoms with E-state index in [2.05, 4.69) is 43.1 Å². The zero-order valence-corrected chi connectivity index (χ0v) is 10.3. The SMILES string of the molecule is CC(C)Cc1ccc(-c2coc(CN)n2)cc1. The summed E-state index contributed by atoms with van der Waals surface area (Å²) in [6.07, 6.45) is 2.76. The van der Waals surface area contributed by atoms with Gasteiger partial charge >= 0.3 is 0 Å². The first-order valence-corrected chi connectivity index (χ1v) is 5.93. The summed E-state index contributed by atoms with van der Waals surface area (Å²) in [4.78, 5) is 4.30. The predicted molar refractivity (Wildman–Crippen MR) is 68.4 cm³/mol. The molecule has 0 bridgehead atoms. The average Bonchev–Trinajstić information content (AvgIpc) is 2.78. The van der Waals surface area contributed by atoms with Gasteiger partial charge in [0.2, 0.25) is 5.89 Å². The maximum atomic E-state index is 5.46. The van der Waals surface area contributed by atoms with Crippen LogP contribution in [0.15, 0.2) is 34.9 Å². The third-order valence-corrected chi connectivity index (χ3v) is 2.62. The third kappa shape index (κ3) is 2.94. The van der Waals surface area contributed by atoms with Gasteiger partial charge in [-0.1, -0.05) is 38.1 Å². The summed E-state index contributed by atoms with van der Waals surface area (Å²) in [7, 11) is 0. The topological polar surface area (TPSA) is 52.0 Å². The highest BCUT2D eigenvalue weighted by Gasteiger charge is 2.05. The van der Waals surface area contributed by atoms with Gasteiger partial charge in [0.25, 0.3) is 0 Å². The summed E-state index contributed by atoms with van der Waals surface area (Å²) in [5, 5.41) is 0. The molecule has 0 aliphatic heterocycles. The molecule has 0 spiro atoms. The van der Waals surface area contributed by atoms with E-state index in [1.807, 2.05) is 0 Å². The average molecular weight is 230 g/mol. The van der Waals surface area contributed by atoms with Crippen LogP contribution in [0.25, 0.3) is 11.3 Å². The molecule has 0 saturated heterocycles. The summed E-state index contributed by atoms with van der Waals surface area (Å²) < 4.78 is 5.23. The van der Waals surface area contributed by atoms with Crippen LogP contribution in [0.5, 0.6) is 0 Å². The van der Waals surface area contributed by atoms with E-state index in [-0.39, 0.29) is 0 Å². The lowest BCUT2D eigenvalue weighted by Crippen LogP contribution is -1.96. The Kier molecular flexibility index (Phi) is 3.59. The second-order valence-electron chi connectivity index (χ2n) is 4.63. The van der Waals surface area contributed by atoms with Crippen LogP contribution in [0.3, 0.4) is 0 Å². The van der Waals surface area contributed by atoms with Crippen LogP contribution in [0.1, 0.15) is 25.3 Å². The van der Waals surface area contributed by atoms with E-state index >= 15 is 0 Å². The standard InChI is InChI=1S/C14H18N2O/c1-10(2)7-11-3-5-12(6-4-11)13-9-17-14(8-15)16-13/h3-6,9-10H,7-8,15H2,1-2H3. The number of nitrogens with two attached hydrogens (primary N) is 1. The number of hydrogen-bond donors (Lipinski definition) is 1. The first kappa shape index (κ1) is 11.9. The zero-order valence-electron chi connectivity index (χ0n) is 10.3. The van der Waals surface area contributed by atoms with Crippen molar-refractivity contribution < 1.29 is 4.42 Å². The molecule has 3 nitrogen and oxygen atoms in total. The number of aromatic nitrogens is 1. The molecule has 2 N–H and O–H groups in total. The molecule has 17 heavy (non-hydrogen) atoms. The summed E-state index contributed by atoms with van der Waals surface area (Å²) in [6.45, 7) is 4.78. The van der Waals surface area contributed by atoms with Gasteiger partial charge in [-0.25, -0.2) is 4.98 Å². The fourth-order valence-electron chi connectivity index (χ4n) is 1.82. The van der Waals surface area contributed by atoms with Gasteiger partial charge in [0.1, 0.15) is 12.0 Å². The van der Waals surface area contributed by atoms with Crippen LogP contribution in [-0.4, -0.2) is 4.98 Å². The molecule has 90 valence electrons. The lowest BCUT2D eigenvalue weighted by molar-refractivity contribution is 0.498. The molecule has 1 aromatic heterocycles.